The Morgan fingerprint density at radius 3 is 3.25 bits per heavy atom. The molecule has 0 bridgehead atoms. The highest BCUT2D eigenvalue weighted by Gasteiger charge is 2.46. The van der Waals surface area contributed by atoms with E-state index in [0.717, 1.165) is 39.5 Å². The van der Waals surface area contributed by atoms with E-state index in [4.69, 9.17) is 13.9 Å². The lowest BCUT2D eigenvalue weighted by Crippen LogP contribution is -2.54. The highest BCUT2D eigenvalue weighted by molar-refractivity contribution is 5.06. The van der Waals surface area contributed by atoms with Crippen LogP contribution in [0.25, 0.3) is 0 Å². The Labute approximate surface area is 121 Å². The van der Waals surface area contributed by atoms with Crippen LogP contribution in [0.15, 0.2) is 23.0 Å². The molecule has 20 heavy (non-hydrogen) atoms. The number of furan rings is 1. The third kappa shape index (κ3) is 2.92. The van der Waals surface area contributed by atoms with Gasteiger partial charge in [-0.25, -0.2) is 0 Å². The molecule has 2 atom stereocenters. The highest BCUT2D eigenvalue weighted by Crippen LogP contribution is 2.41. The lowest BCUT2D eigenvalue weighted by molar-refractivity contribution is -0.142. The third-order valence-corrected chi connectivity index (χ3v) is 4.69. The van der Waals surface area contributed by atoms with E-state index in [0.29, 0.717) is 5.92 Å². The fourth-order valence-corrected chi connectivity index (χ4v) is 3.67. The predicted octanol–water partition coefficient (Wildman–Crippen LogP) is 2.69. The van der Waals surface area contributed by atoms with Crippen LogP contribution < -0.4 is 0 Å². The fourth-order valence-electron chi connectivity index (χ4n) is 3.67. The SMILES string of the molecule is CCOC[C@@H]1CCC[C@@]12CN(Cc1ccoc1)CCO2. The summed E-state index contributed by atoms with van der Waals surface area (Å²) in [6.45, 7) is 7.53. The second kappa shape index (κ2) is 6.29. The molecule has 1 aliphatic carbocycles. The summed E-state index contributed by atoms with van der Waals surface area (Å²) >= 11 is 0. The summed E-state index contributed by atoms with van der Waals surface area (Å²) in [4.78, 5) is 2.50. The van der Waals surface area contributed by atoms with Crippen molar-refractivity contribution in [3.63, 3.8) is 0 Å². The minimum absolute atomic E-state index is 0.0250. The fraction of sp³-hybridized carbons (Fsp3) is 0.750. The number of hydrogen-bond acceptors (Lipinski definition) is 4. The summed E-state index contributed by atoms with van der Waals surface area (Å²) in [6.07, 6.45) is 7.26. The van der Waals surface area contributed by atoms with Gasteiger partial charge in [0.2, 0.25) is 0 Å². The van der Waals surface area contributed by atoms with Crippen LogP contribution in [0.5, 0.6) is 0 Å². The number of morpholine rings is 1. The molecule has 1 aromatic heterocycles. The van der Waals surface area contributed by atoms with Gasteiger partial charge in [0, 0.05) is 37.7 Å². The number of ether oxygens (including phenoxy) is 2. The zero-order chi connectivity index (χ0) is 13.8. The second-order valence-electron chi connectivity index (χ2n) is 6.00. The lowest BCUT2D eigenvalue weighted by Gasteiger charge is -2.44. The molecule has 2 fully saturated rings. The predicted molar refractivity (Wildman–Crippen MR) is 76.5 cm³/mol. The van der Waals surface area contributed by atoms with Gasteiger partial charge in [-0.2, -0.15) is 0 Å². The summed E-state index contributed by atoms with van der Waals surface area (Å²) in [6, 6.07) is 2.05. The highest BCUT2D eigenvalue weighted by atomic mass is 16.5. The van der Waals surface area contributed by atoms with Crippen molar-refractivity contribution in [2.45, 2.75) is 38.3 Å². The quantitative estimate of drug-likeness (QED) is 0.830. The van der Waals surface area contributed by atoms with Crippen LogP contribution in [0.4, 0.5) is 0 Å². The van der Waals surface area contributed by atoms with Crippen LogP contribution in [-0.2, 0) is 16.0 Å². The van der Waals surface area contributed by atoms with Crippen molar-refractivity contribution in [2.75, 3.05) is 32.9 Å². The summed E-state index contributed by atoms with van der Waals surface area (Å²) in [5, 5.41) is 0. The topological polar surface area (TPSA) is 34.8 Å². The third-order valence-electron chi connectivity index (χ3n) is 4.69. The van der Waals surface area contributed by atoms with Crippen LogP contribution in [0.3, 0.4) is 0 Å². The standard InChI is InChI=1S/C16H25NO3/c1-2-18-12-15-4-3-6-16(15)13-17(7-9-20-16)10-14-5-8-19-11-14/h5,8,11,15H,2-4,6-7,9-10,12-13H2,1H3/t15-,16+/m0/s1. The Hall–Kier alpha value is -0.840. The first-order chi connectivity index (χ1) is 9.82. The maximum Gasteiger partial charge on any atom is 0.0947 e. The summed E-state index contributed by atoms with van der Waals surface area (Å²) < 4.78 is 17.1. The van der Waals surface area contributed by atoms with Gasteiger partial charge < -0.3 is 13.9 Å². The van der Waals surface area contributed by atoms with E-state index in [9.17, 15) is 0 Å². The van der Waals surface area contributed by atoms with E-state index in [1.165, 1.54) is 24.8 Å². The van der Waals surface area contributed by atoms with E-state index in [-0.39, 0.29) is 5.60 Å². The first-order valence-corrected chi connectivity index (χ1v) is 7.77. The average molecular weight is 279 g/mol. The lowest BCUT2D eigenvalue weighted by atomic mass is 9.89. The van der Waals surface area contributed by atoms with Crippen molar-refractivity contribution >= 4 is 0 Å². The van der Waals surface area contributed by atoms with Gasteiger partial charge >= 0.3 is 0 Å². The molecule has 0 N–H and O–H groups in total. The monoisotopic (exact) mass is 279 g/mol. The van der Waals surface area contributed by atoms with Crippen molar-refractivity contribution in [2.24, 2.45) is 5.92 Å². The van der Waals surface area contributed by atoms with Gasteiger partial charge in [0.25, 0.3) is 0 Å². The van der Waals surface area contributed by atoms with E-state index in [1.807, 2.05) is 6.26 Å². The van der Waals surface area contributed by atoms with Gasteiger partial charge in [0.1, 0.15) is 0 Å². The molecule has 4 heteroatoms. The van der Waals surface area contributed by atoms with Gasteiger partial charge in [-0.1, -0.05) is 6.42 Å². The number of rotatable bonds is 5. The molecule has 1 aliphatic heterocycles. The Balaban J connectivity index is 1.63. The van der Waals surface area contributed by atoms with Gasteiger partial charge in [-0.15, -0.1) is 0 Å². The van der Waals surface area contributed by atoms with E-state index in [1.54, 1.807) is 6.26 Å². The maximum absolute atomic E-state index is 6.24. The Morgan fingerprint density at radius 2 is 2.45 bits per heavy atom. The van der Waals surface area contributed by atoms with E-state index in [2.05, 4.69) is 17.9 Å². The van der Waals surface area contributed by atoms with Crippen molar-refractivity contribution in [3.8, 4) is 0 Å². The molecular formula is C16H25NO3. The molecule has 0 unspecified atom stereocenters. The van der Waals surface area contributed by atoms with Crippen molar-refractivity contribution < 1.29 is 13.9 Å². The molecule has 3 rings (SSSR count). The minimum Gasteiger partial charge on any atom is -0.472 e. The van der Waals surface area contributed by atoms with E-state index < -0.39 is 0 Å². The molecule has 1 aromatic rings. The zero-order valence-electron chi connectivity index (χ0n) is 12.3. The normalized spacial score (nSPS) is 31.1. The molecule has 1 saturated carbocycles. The first-order valence-electron chi connectivity index (χ1n) is 7.77. The first kappa shape index (κ1) is 14.1. The molecule has 0 amide bonds. The Kier molecular flexibility index (Phi) is 4.44. The molecule has 112 valence electrons. The largest absolute Gasteiger partial charge is 0.472 e. The van der Waals surface area contributed by atoms with Gasteiger partial charge in [-0.05, 0) is 25.8 Å². The average Bonchev–Trinajstić information content (AvgIpc) is 3.08. The molecule has 0 radical (unpaired) electrons. The Morgan fingerprint density at radius 1 is 1.50 bits per heavy atom. The van der Waals surface area contributed by atoms with Crippen LogP contribution >= 0.6 is 0 Å². The molecular weight excluding hydrogens is 254 g/mol. The maximum atomic E-state index is 6.24. The second-order valence-corrected chi connectivity index (χ2v) is 6.00. The smallest absolute Gasteiger partial charge is 0.0947 e. The Bertz CT molecular complexity index is 406. The van der Waals surface area contributed by atoms with Crippen LogP contribution in [0, 0.1) is 5.92 Å². The van der Waals surface area contributed by atoms with Crippen LogP contribution in [-0.4, -0.2) is 43.4 Å². The van der Waals surface area contributed by atoms with Crippen molar-refractivity contribution in [1.82, 2.24) is 4.90 Å². The molecule has 2 heterocycles. The number of nitrogens with zero attached hydrogens (tertiary/aromatic N) is 1. The summed E-state index contributed by atoms with van der Waals surface area (Å²) in [7, 11) is 0. The summed E-state index contributed by atoms with van der Waals surface area (Å²) in [5.41, 5.74) is 1.28. The zero-order valence-corrected chi connectivity index (χ0v) is 12.3. The minimum atomic E-state index is 0.0250. The molecule has 1 saturated heterocycles. The molecule has 1 spiro atoms. The van der Waals surface area contributed by atoms with Crippen molar-refractivity contribution in [1.29, 1.82) is 0 Å². The molecule has 4 nitrogen and oxygen atoms in total. The van der Waals surface area contributed by atoms with Crippen molar-refractivity contribution in [3.05, 3.63) is 24.2 Å². The molecule has 2 aliphatic rings. The van der Waals surface area contributed by atoms with Gasteiger partial charge in [0.15, 0.2) is 0 Å². The summed E-state index contributed by atoms with van der Waals surface area (Å²) in [5.74, 6) is 0.551. The van der Waals surface area contributed by atoms with Crippen LogP contribution in [0.1, 0.15) is 31.7 Å². The molecule has 0 aromatic carbocycles. The van der Waals surface area contributed by atoms with Gasteiger partial charge in [0.05, 0.1) is 31.3 Å². The van der Waals surface area contributed by atoms with Crippen LogP contribution in [0.2, 0.25) is 0 Å². The number of hydrogen-bond donors (Lipinski definition) is 0. The van der Waals surface area contributed by atoms with E-state index >= 15 is 0 Å². The van der Waals surface area contributed by atoms with Gasteiger partial charge in [-0.3, -0.25) is 4.90 Å².